The molecular formula is C12H13N3O2S3. The summed E-state index contributed by atoms with van der Waals surface area (Å²) in [6.07, 6.45) is -0.622. The molecule has 0 fully saturated rings. The highest BCUT2D eigenvalue weighted by atomic mass is 32.2. The summed E-state index contributed by atoms with van der Waals surface area (Å²) in [5.41, 5.74) is 0. The molecular weight excluding hydrogens is 314 g/mol. The molecule has 1 aromatic carbocycles. The zero-order valence-electron chi connectivity index (χ0n) is 10.4. The molecule has 0 saturated heterocycles. The molecule has 0 saturated carbocycles. The number of aromatic nitrogens is 3. The van der Waals surface area contributed by atoms with Crippen LogP contribution in [0.3, 0.4) is 0 Å². The topological polar surface area (TPSA) is 68.1 Å². The van der Waals surface area contributed by atoms with Crippen LogP contribution in [0.2, 0.25) is 0 Å². The van der Waals surface area contributed by atoms with Crippen LogP contribution in [-0.2, 0) is 0 Å². The number of nitrogens with zero attached hydrogens (tertiary/aromatic N) is 3. The first-order valence-electron chi connectivity index (χ1n) is 5.76. The van der Waals surface area contributed by atoms with E-state index in [1.807, 2.05) is 30.3 Å². The number of benzene rings is 1. The quantitative estimate of drug-likeness (QED) is 0.557. The molecule has 1 heterocycles. The summed E-state index contributed by atoms with van der Waals surface area (Å²) in [5.74, 6) is 1.14. The number of ether oxygens (including phenoxy) is 1. The third-order valence-electron chi connectivity index (χ3n) is 2.18. The minimum Gasteiger partial charge on any atom is -0.491 e. The Kier molecular flexibility index (Phi) is 5.96. The molecule has 2 aromatic rings. The van der Waals surface area contributed by atoms with Gasteiger partial charge in [-0.2, -0.15) is 15.0 Å². The van der Waals surface area contributed by atoms with Crippen molar-refractivity contribution in [2.45, 2.75) is 21.6 Å². The summed E-state index contributed by atoms with van der Waals surface area (Å²) in [5, 5.41) is 11.0. The van der Waals surface area contributed by atoms with Crippen LogP contribution in [-0.4, -0.2) is 38.5 Å². The third-order valence-corrected chi connectivity index (χ3v) is 3.57. The molecule has 1 N–H and O–H groups in total. The molecule has 1 aromatic heterocycles. The fourth-order valence-electron chi connectivity index (χ4n) is 1.33. The first-order valence-corrected chi connectivity index (χ1v) is 7.64. The first-order chi connectivity index (χ1) is 9.63. The second-order valence-electron chi connectivity index (χ2n) is 3.81. The van der Waals surface area contributed by atoms with E-state index >= 15 is 0 Å². The van der Waals surface area contributed by atoms with Gasteiger partial charge in [-0.15, -0.1) is 25.3 Å². The normalized spacial score (nSPS) is 12.2. The van der Waals surface area contributed by atoms with Gasteiger partial charge >= 0.3 is 0 Å². The van der Waals surface area contributed by atoms with Gasteiger partial charge in [0.25, 0.3) is 0 Å². The van der Waals surface area contributed by atoms with Gasteiger partial charge in [-0.05, 0) is 12.1 Å². The average Bonchev–Trinajstić information content (AvgIpc) is 2.43. The van der Waals surface area contributed by atoms with Crippen LogP contribution in [0.5, 0.6) is 5.75 Å². The molecule has 2 rings (SSSR count). The van der Waals surface area contributed by atoms with Crippen molar-refractivity contribution in [1.82, 2.24) is 15.0 Å². The standard InChI is InChI=1S/C12H13N3O2S3/c16-8(6-17-9-4-2-1-3-5-9)7-20-12-14-10(18)13-11(19)15-12/h1-5,8,16H,6-7H2,(H2,13,14,15,18,19). The number of rotatable bonds is 6. The largest absolute Gasteiger partial charge is 0.491 e. The number of thioether (sulfide) groups is 1. The number of aliphatic hydroxyl groups is 1. The fraction of sp³-hybridized carbons (Fsp3) is 0.250. The highest BCUT2D eigenvalue weighted by molar-refractivity contribution is 7.99. The predicted molar refractivity (Wildman–Crippen MR) is 83.0 cm³/mol. The van der Waals surface area contributed by atoms with Crippen LogP contribution >= 0.6 is 37.0 Å². The molecule has 1 atom stereocenters. The predicted octanol–water partition coefficient (Wildman–Crippen LogP) is 1.98. The van der Waals surface area contributed by atoms with Gasteiger partial charge in [0, 0.05) is 5.75 Å². The maximum atomic E-state index is 9.86. The molecule has 0 aliphatic heterocycles. The van der Waals surface area contributed by atoms with Crippen molar-refractivity contribution in [2.24, 2.45) is 0 Å². The Morgan fingerprint density at radius 3 is 2.40 bits per heavy atom. The molecule has 0 amide bonds. The summed E-state index contributed by atoms with van der Waals surface area (Å²) >= 11 is 9.39. The lowest BCUT2D eigenvalue weighted by Crippen LogP contribution is -2.20. The lowest BCUT2D eigenvalue weighted by Gasteiger charge is -2.11. The van der Waals surface area contributed by atoms with Crippen molar-refractivity contribution >= 4 is 37.0 Å². The van der Waals surface area contributed by atoms with Gasteiger partial charge in [0.15, 0.2) is 15.5 Å². The number of para-hydroxylation sites is 1. The Bertz CT molecular complexity index is 537. The monoisotopic (exact) mass is 327 g/mol. The fourth-order valence-corrected chi connectivity index (χ4v) is 2.66. The molecule has 106 valence electrons. The summed E-state index contributed by atoms with van der Waals surface area (Å²) in [4.78, 5) is 11.9. The Labute approximate surface area is 132 Å². The summed E-state index contributed by atoms with van der Waals surface area (Å²) in [6, 6.07) is 9.34. The van der Waals surface area contributed by atoms with Gasteiger partial charge in [0.1, 0.15) is 12.4 Å². The Morgan fingerprint density at radius 1 is 1.10 bits per heavy atom. The molecule has 0 spiro atoms. The number of aliphatic hydroxyl groups excluding tert-OH is 1. The van der Waals surface area contributed by atoms with E-state index in [4.69, 9.17) is 4.74 Å². The van der Waals surface area contributed by atoms with Crippen molar-refractivity contribution < 1.29 is 9.84 Å². The smallest absolute Gasteiger partial charge is 0.192 e. The van der Waals surface area contributed by atoms with E-state index in [1.165, 1.54) is 11.8 Å². The van der Waals surface area contributed by atoms with Crippen LogP contribution in [0.25, 0.3) is 0 Å². The molecule has 5 nitrogen and oxygen atoms in total. The van der Waals surface area contributed by atoms with Crippen LogP contribution < -0.4 is 4.74 Å². The Hall–Kier alpha value is -0.960. The van der Waals surface area contributed by atoms with E-state index in [9.17, 15) is 5.11 Å². The SMILES string of the molecule is OC(COc1ccccc1)CSc1nc(S)nc(S)n1. The second kappa shape index (κ2) is 7.72. The highest BCUT2D eigenvalue weighted by Gasteiger charge is 2.09. The molecule has 1 unspecified atom stereocenters. The molecule has 20 heavy (non-hydrogen) atoms. The van der Waals surface area contributed by atoms with Gasteiger partial charge in [-0.1, -0.05) is 30.0 Å². The van der Waals surface area contributed by atoms with Crippen LogP contribution in [0, 0.1) is 0 Å². The lowest BCUT2D eigenvalue weighted by atomic mass is 10.3. The molecule has 0 bridgehead atoms. The molecule has 0 aliphatic rings. The second-order valence-corrected chi connectivity index (χ2v) is 5.59. The van der Waals surface area contributed by atoms with Crippen molar-refractivity contribution in [3.8, 4) is 5.75 Å². The van der Waals surface area contributed by atoms with Crippen molar-refractivity contribution in [3.05, 3.63) is 30.3 Å². The summed E-state index contributed by atoms with van der Waals surface area (Å²) in [7, 11) is 0. The zero-order valence-corrected chi connectivity index (χ0v) is 13.0. The molecule has 0 radical (unpaired) electrons. The third kappa shape index (κ3) is 5.20. The van der Waals surface area contributed by atoms with Crippen LogP contribution in [0.4, 0.5) is 0 Å². The summed E-state index contributed by atoms with van der Waals surface area (Å²) < 4.78 is 5.46. The van der Waals surface area contributed by atoms with E-state index in [0.29, 0.717) is 21.2 Å². The molecule has 8 heteroatoms. The first kappa shape index (κ1) is 15.4. The van der Waals surface area contributed by atoms with Crippen molar-refractivity contribution in [2.75, 3.05) is 12.4 Å². The van der Waals surface area contributed by atoms with E-state index < -0.39 is 6.10 Å². The van der Waals surface area contributed by atoms with Gasteiger partial charge in [-0.25, -0.2) is 0 Å². The number of thiol groups is 2. The van der Waals surface area contributed by atoms with Crippen LogP contribution in [0.1, 0.15) is 0 Å². The minimum absolute atomic E-state index is 0.212. The van der Waals surface area contributed by atoms with Gasteiger partial charge < -0.3 is 9.84 Å². The van der Waals surface area contributed by atoms with E-state index in [0.717, 1.165) is 5.75 Å². The maximum absolute atomic E-state index is 9.86. The van der Waals surface area contributed by atoms with Crippen LogP contribution in [0.15, 0.2) is 45.8 Å². The maximum Gasteiger partial charge on any atom is 0.192 e. The van der Waals surface area contributed by atoms with Crippen molar-refractivity contribution in [1.29, 1.82) is 0 Å². The summed E-state index contributed by atoms with van der Waals surface area (Å²) in [6.45, 7) is 0.212. The number of hydrogen-bond acceptors (Lipinski definition) is 8. The Balaban J connectivity index is 1.78. The van der Waals surface area contributed by atoms with Gasteiger partial charge in [-0.3, -0.25) is 0 Å². The Morgan fingerprint density at radius 2 is 1.75 bits per heavy atom. The minimum atomic E-state index is -0.622. The van der Waals surface area contributed by atoms with Gasteiger partial charge in [0.05, 0.1) is 6.10 Å². The van der Waals surface area contributed by atoms with E-state index in [2.05, 4.69) is 40.2 Å². The van der Waals surface area contributed by atoms with Crippen molar-refractivity contribution in [3.63, 3.8) is 0 Å². The van der Waals surface area contributed by atoms with E-state index in [-0.39, 0.29) is 6.61 Å². The van der Waals surface area contributed by atoms with Gasteiger partial charge in [0.2, 0.25) is 0 Å². The molecule has 0 aliphatic carbocycles. The average molecular weight is 327 g/mol. The highest BCUT2D eigenvalue weighted by Crippen LogP contribution is 2.17. The van der Waals surface area contributed by atoms with E-state index in [1.54, 1.807) is 0 Å². The zero-order chi connectivity index (χ0) is 14.4. The lowest BCUT2D eigenvalue weighted by molar-refractivity contribution is 0.126. The number of hydrogen-bond donors (Lipinski definition) is 3.